The van der Waals surface area contributed by atoms with Crippen LogP contribution in [0, 0.1) is 50.2 Å². The van der Waals surface area contributed by atoms with E-state index in [-0.39, 0.29) is 54.0 Å². The molecule has 24 atom stereocenters. The van der Waals surface area contributed by atoms with Crippen molar-refractivity contribution in [2.75, 3.05) is 19.8 Å². The van der Waals surface area contributed by atoms with Gasteiger partial charge in [0.05, 0.1) is 49.5 Å². The molecule has 0 aromatic heterocycles. The minimum absolute atomic E-state index is 0.0355. The van der Waals surface area contributed by atoms with Crippen LogP contribution in [0.4, 0.5) is 0 Å². The zero-order valence-corrected chi connectivity index (χ0v) is 43.8. The molecule has 0 aromatic carbocycles. The molecule has 4 saturated carbocycles. The third-order valence-electron chi connectivity index (χ3n) is 20.4. The van der Waals surface area contributed by atoms with Crippen LogP contribution in [-0.2, 0) is 42.8 Å². The summed E-state index contributed by atoms with van der Waals surface area (Å²) in [6.45, 7) is 14.1. The first-order chi connectivity index (χ1) is 34.3. The maximum absolute atomic E-state index is 15.6. The number of esters is 1. The third-order valence-corrected chi connectivity index (χ3v) is 20.4. The van der Waals surface area contributed by atoms with Gasteiger partial charge in [0.1, 0.15) is 60.5 Å². The number of ether oxygens (including phenoxy) is 6. The lowest BCUT2D eigenvalue weighted by Gasteiger charge is -2.71. The highest BCUT2D eigenvalue weighted by Gasteiger charge is 2.72. The topological polar surface area (TPSA) is 328 Å². The molecule has 3 aliphatic heterocycles. The Morgan fingerprint density at radius 3 is 2.16 bits per heavy atom. The van der Waals surface area contributed by atoms with Gasteiger partial charge in [0.2, 0.25) is 12.2 Å². The number of aliphatic hydroxyl groups excluding tert-OH is 9. The van der Waals surface area contributed by atoms with Gasteiger partial charge in [-0.3, -0.25) is 9.59 Å². The fourth-order valence-electron chi connectivity index (χ4n) is 15.7. The number of allylic oxidation sites excluding steroid dienone is 2. The van der Waals surface area contributed by atoms with E-state index in [1.165, 1.54) is 6.92 Å². The van der Waals surface area contributed by atoms with Gasteiger partial charge in [-0.05, 0) is 123 Å². The molecule has 3 heterocycles. The molecule has 8 rings (SSSR count). The number of hydrogen-bond acceptors (Lipinski definition) is 18. The lowest BCUT2D eigenvalue weighted by Crippen LogP contribution is -2.69. The van der Waals surface area contributed by atoms with Crippen molar-refractivity contribution in [2.24, 2.45) is 50.2 Å². The molecule has 5 aliphatic carbocycles. The Morgan fingerprint density at radius 2 is 1.48 bits per heavy atom. The van der Waals surface area contributed by atoms with E-state index < -0.39 is 139 Å². The van der Waals surface area contributed by atoms with Crippen molar-refractivity contribution in [1.29, 1.82) is 0 Å². The van der Waals surface area contributed by atoms with Crippen LogP contribution in [0.25, 0.3) is 0 Å². The fourth-order valence-corrected chi connectivity index (χ4v) is 15.7. The van der Waals surface area contributed by atoms with Gasteiger partial charge >= 0.3 is 5.97 Å². The molecule has 73 heavy (non-hydrogen) atoms. The average Bonchev–Trinajstić information content (AvgIpc) is 3.33. The Balaban J connectivity index is 1.10. The van der Waals surface area contributed by atoms with E-state index in [1.807, 2.05) is 6.92 Å². The molecule has 3 saturated heterocycles. The van der Waals surface area contributed by atoms with Crippen LogP contribution in [0.15, 0.2) is 11.6 Å². The fraction of sp³-hybridized carbons (Fsp3) is 0.906. The van der Waals surface area contributed by atoms with Crippen molar-refractivity contribution in [2.45, 2.75) is 230 Å². The number of fused-ring (bicyclic) bond motifs is 7. The van der Waals surface area contributed by atoms with Crippen LogP contribution in [0.1, 0.15) is 132 Å². The van der Waals surface area contributed by atoms with Gasteiger partial charge in [-0.25, -0.2) is 0 Å². The van der Waals surface area contributed by atoms with Gasteiger partial charge in [-0.1, -0.05) is 53.2 Å². The summed E-state index contributed by atoms with van der Waals surface area (Å²) in [6.07, 6.45) is -12.5. The molecule has 0 aromatic rings. The Labute approximate surface area is 428 Å². The van der Waals surface area contributed by atoms with Crippen molar-refractivity contribution in [3.05, 3.63) is 11.6 Å². The molecule has 8 aliphatic rings. The first-order valence-corrected chi connectivity index (χ1v) is 27.0. The summed E-state index contributed by atoms with van der Waals surface area (Å²) in [5, 5.41) is 104. The number of unbranched alkanes of at least 4 members (excludes halogenated alkanes) is 2. The summed E-state index contributed by atoms with van der Waals surface area (Å²) in [4.78, 5) is 41.7. The van der Waals surface area contributed by atoms with Crippen LogP contribution in [0.2, 0.25) is 0 Å². The normalized spacial score (nSPS) is 50.5. The summed E-state index contributed by atoms with van der Waals surface area (Å²) in [5.41, 5.74) is 1.06. The molecular formula is C53H87N2O18+. The molecule has 13 N–H and O–H groups in total. The monoisotopic (exact) mass is 1040 g/mol. The van der Waals surface area contributed by atoms with E-state index in [4.69, 9.17) is 28.4 Å². The zero-order valence-electron chi connectivity index (χ0n) is 43.8. The molecule has 0 bridgehead atoms. The predicted octanol–water partition coefficient (Wildman–Crippen LogP) is -0.117. The Morgan fingerprint density at radius 1 is 0.781 bits per heavy atom. The molecule has 11 unspecified atom stereocenters. The Kier molecular flexibility index (Phi) is 16.5. The second kappa shape index (κ2) is 21.2. The number of aldehydes is 1. The first-order valence-electron chi connectivity index (χ1n) is 27.0. The van der Waals surface area contributed by atoms with E-state index >= 15 is 4.79 Å². The number of amides is 1. The van der Waals surface area contributed by atoms with Crippen LogP contribution < -0.4 is 11.1 Å². The molecule has 7 fully saturated rings. The lowest BCUT2D eigenvalue weighted by atomic mass is 9.33. The van der Waals surface area contributed by atoms with Crippen molar-refractivity contribution in [1.82, 2.24) is 5.32 Å². The number of aliphatic hydroxyl groups is 9. The number of nitrogens with one attached hydrogen (secondary N) is 1. The van der Waals surface area contributed by atoms with Gasteiger partial charge in [0.25, 0.3) is 0 Å². The van der Waals surface area contributed by atoms with Crippen molar-refractivity contribution in [3.63, 3.8) is 0 Å². The largest absolute Gasteiger partial charge is 0.432 e. The lowest BCUT2D eigenvalue weighted by molar-refractivity contribution is -0.370. The maximum atomic E-state index is 15.6. The standard InChI is InChI=1S/C53H86N2O18/c1-26-42(71-44-40(65)37(62)29(58)24-68-44)39(64)41(66)45(69-26)72-43-38(63)36(55-35(61)11-9-8-10-20-54)30(23-56)70-46(43)73-47(67)53-19-18-48(2,3)21-28(53)27-12-13-32-49(4)16-15-33(59)50(5,25-57)31(49)14-17-51(32,6)52(27,7)22-34(53)60/h12,25-26,28-34,36-46,56,58-60,62-66H,8-11,13-24,54H2,1-7H3,(H,55,61)/p+1/t26-,28?,29-,30-,31-,32?,33+,34+,36+,37?,38?,39?,40?,41?,42+,43?,44+,45+,46+,49?,50?,51?,52-,53-/m1/s1. The second-order valence-electron chi connectivity index (χ2n) is 25.0. The number of hydrogen-bond donors (Lipinski definition) is 11. The van der Waals surface area contributed by atoms with Crippen molar-refractivity contribution >= 4 is 18.2 Å². The quantitative estimate of drug-likeness (QED) is 0.0468. The molecule has 416 valence electrons. The van der Waals surface area contributed by atoms with E-state index in [2.05, 4.69) is 51.7 Å². The highest BCUT2D eigenvalue weighted by atomic mass is 16.8. The number of carbonyl (C=O) groups excluding carboxylic acids is 3. The summed E-state index contributed by atoms with van der Waals surface area (Å²) in [6, 6.07) is -1.33. The minimum atomic E-state index is -1.93. The average molecular weight is 1040 g/mol. The SMILES string of the molecule is C[C@H]1O[C@@H](OC2C(O)[C@@H](NC(=O)CCCCC[NH3+])[C@@H](CO)O[C@H]2OC(=O)[C@]23CCC(C)(C)CC2C2=CCC4C5(C)CC[C@H](O)C(C)(C=O)[C@@H]5CCC4(C)[C@]2(C)C[C@@H]3O)C(O)C(O)[C@H]1O[C@@H]1OC[C@@H](O)C(O)C1O. The number of carbonyl (C=O) groups is 3. The van der Waals surface area contributed by atoms with Gasteiger partial charge in [0.15, 0.2) is 18.7 Å². The van der Waals surface area contributed by atoms with Crippen LogP contribution in [-0.4, -0.2) is 182 Å². The zero-order chi connectivity index (χ0) is 53.4. The summed E-state index contributed by atoms with van der Waals surface area (Å²) in [5.74, 6) is -1.69. The van der Waals surface area contributed by atoms with Crippen molar-refractivity contribution < 1.29 is 94.5 Å². The van der Waals surface area contributed by atoms with Crippen LogP contribution >= 0.6 is 0 Å². The third kappa shape index (κ3) is 9.59. The summed E-state index contributed by atoms with van der Waals surface area (Å²) in [7, 11) is 0. The number of rotatable bonds is 14. The number of quaternary nitrogens is 1. The predicted molar refractivity (Wildman–Crippen MR) is 257 cm³/mol. The molecule has 0 radical (unpaired) electrons. The van der Waals surface area contributed by atoms with E-state index in [9.17, 15) is 55.5 Å². The van der Waals surface area contributed by atoms with Gasteiger partial charge in [-0.15, -0.1) is 0 Å². The Bertz CT molecular complexity index is 2030. The van der Waals surface area contributed by atoms with Gasteiger partial charge < -0.3 is 90.2 Å². The molecule has 0 spiro atoms. The maximum Gasteiger partial charge on any atom is 0.317 e. The van der Waals surface area contributed by atoms with E-state index in [0.29, 0.717) is 38.6 Å². The summed E-state index contributed by atoms with van der Waals surface area (Å²) < 4.78 is 36.3. The molecular weight excluding hydrogens is 953 g/mol. The second-order valence-corrected chi connectivity index (χ2v) is 25.0. The van der Waals surface area contributed by atoms with E-state index in [1.54, 1.807) is 0 Å². The molecule has 1 amide bonds. The van der Waals surface area contributed by atoms with Gasteiger partial charge in [0, 0.05) is 6.42 Å². The van der Waals surface area contributed by atoms with Gasteiger partial charge in [-0.2, -0.15) is 0 Å². The highest BCUT2D eigenvalue weighted by Crippen LogP contribution is 2.76. The van der Waals surface area contributed by atoms with Crippen LogP contribution in [0.3, 0.4) is 0 Å². The summed E-state index contributed by atoms with van der Waals surface area (Å²) >= 11 is 0. The van der Waals surface area contributed by atoms with Crippen LogP contribution in [0.5, 0.6) is 0 Å². The van der Waals surface area contributed by atoms with Crippen molar-refractivity contribution in [3.8, 4) is 0 Å². The first kappa shape index (κ1) is 56.9. The van der Waals surface area contributed by atoms with E-state index in [0.717, 1.165) is 44.0 Å². The minimum Gasteiger partial charge on any atom is -0.432 e. The Hall–Kier alpha value is -2.25. The molecule has 20 nitrogen and oxygen atoms in total. The smallest absolute Gasteiger partial charge is 0.317 e. The highest BCUT2D eigenvalue weighted by molar-refractivity contribution is 5.80. The molecule has 20 heteroatoms.